The number of nitrogens with zero attached hydrogens (tertiary/aromatic N) is 1. The lowest BCUT2D eigenvalue weighted by Gasteiger charge is -2.19. The van der Waals surface area contributed by atoms with Crippen molar-refractivity contribution in [1.82, 2.24) is 4.98 Å². The second-order valence-electron chi connectivity index (χ2n) is 5.95. The van der Waals surface area contributed by atoms with Crippen LogP contribution in [-0.4, -0.2) is 16.1 Å². The fourth-order valence-electron chi connectivity index (χ4n) is 1.88. The van der Waals surface area contributed by atoms with Crippen LogP contribution < -0.4 is 4.74 Å². The minimum absolute atomic E-state index is 0.121. The molecule has 0 spiro atoms. The molecule has 0 atom stereocenters. The summed E-state index contributed by atoms with van der Waals surface area (Å²) in [5, 5.41) is 8.91. The Balaban J connectivity index is 2.03. The number of hydrogen-bond donors (Lipinski definition) is 1. The zero-order valence-corrected chi connectivity index (χ0v) is 12.5. The molecule has 2 aromatic rings. The molecule has 1 N–H and O–H groups in total. The lowest BCUT2D eigenvalue weighted by molar-refractivity contribution is 0.0696. The van der Waals surface area contributed by atoms with Gasteiger partial charge in [-0.15, -0.1) is 0 Å². The molecule has 0 unspecified atom stereocenters. The number of hydrogen-bond acceptors (Lipinski definition) is 3. The molecule has 1 aromatic carbocycles. The lowest BCUT2D eigenvalue weighted by Crippen LogP contribution is -2.10. The van der Waals surface area contributed by atoms with E-state index in [9.17, 15) is 4.79 Å². The molecule has 0 amide bonds. The molecule has 0 aliphatic carbocycles. The SMILES string of the molecule is CC(C)(C)c1ccc(COc2cncc(C(=O)O)c2)cc1. The van der Waals surface area contributed by atoms with Crippen molar-refractivity contribution in [3.05, 3.63) is 59.4 Å². The Morgan fingerprint density at radius 2 is 1.86 bits per heavy atom. The predicted octanol–water partition coefficient (Wildman–Crippen LogP) is 3.66. The smallest absolute Gasteiger partial charge is 0.337 e. The molecule has 1 aromatic heterocycles. The van der Waals surface area contributed by atoms with Gasteiger partial charge < -0.3 is 9.84 Å². The van der Waals surface area contributed by atoms with E-state index in [1.165, 1.54) is 24.0 Å². The van der Waals surface area contributed by atoms with Crippen LogP contribution >= 0.6 is 0 Å². The maximum atomic E-state index is 10.9. The minimum Gasteiger partial charge on any atom is -0.487 e. The number of carboxylic acid groups (broad SMARTS) is 1. The van der Waals surface area contributed by atoms with Crippen LogP contribution in [0.3, 0.4) is 0 Å². The van der Waals surface area contributed by atoms with E-state index >= 15 is 0 Å². The van der Waals surface area contributed by atoms with Crippen molar-refractivity contribution in [2.75, 3.05) is 0 Å². The van der Waals surface area contributed by atoms with Crippen molar-refractivity contribution in [1.29, 1.82) is 0 Å². The molecule has 0 aliphatic rings. The summed E-state index contributed by atoms with van der Waals surface area (Å²) in [4.78, 5) is 14.7. The molecular formula is C17H19NO3. The Kier molecular flexibility index (Phi) is 4.26. The van der Waals surface area contributed by atoms with Crippen molar-refractivity contribution in [3.8, 4) is 5.75 Å². The minimum atomic E-state index is -1.01. The van der Waals surface area contributed by atoms with Gasteiger partial charge in [0.25, 0.3) is 0 Å². The number of rotatable bonds is 4. The summed E-state index contributed by atoms with van der Waals surface area (Å²) in [5.41, 5.74) is 2.54. The van der Waals surface area contributed by atoms with Gasteiger partial charge in [-0.05, 0) is 22.6 Å². The van der Waals surface area contributed by atoms with E-state index in [2.05, 4.69) is 37.9 Å². The average Bonchev–Trinajstić information content (AvgIpc) is 2.45. The van der Waals surface area contributed by atoms with Crippen LogP contribution in [0.4, 0.5) is 0 Å². The Bertz CT molecular complexity index is 627. The highest BCUT2D eigenvalue weighted by molar-refractivity contribution is 5.87. The Morgan fingerprint density at radius 1 is 1.19 bits per heavy atom. The molecule has 0 saturated carbocycles. The summed E-state index contributed by atoms with van der Waals surface area (Å²) < 4.78 is 5.58. The first-order valence-corrected chi connectivity index (χ1v) is 6.77. The first-order valence-electron chi connectivity index (χ1n) is 6.77. The molecule has 0 bridgehead atoms. The zero-order valence-electron chi connectivity index (χ0n) is 12.5. The summed E-state index contributed by atoms with van der Waals surface area (Å²) in [6.07, 6.45) is 2.81. The summed E-state index contributed by atoms with van der Waals surface area (Å²) in [7, 11) is 0. The monoisotopic (exact) mass is 285 g/mol. The van der Waals surface area contributed by atoms with Crippen molar-refractivity contribution in [2.24, 2.45) is 0 Å². The van der Waals surface area contributed by atoms with Gasteiger partial charge in [-0.1, -0.05) is 45.0 Å². The van der Waals surface area contributed by atoms with Crippen LogP contribution in [0.2, 0.25) is 0 Å². The maximum absolute atomic E-state index is 10.9. The van der Waals surface area contributed by atoms with Gasteiger partial charge in [0.15, 0.2) is 0 Å². The third-order valence-electron chi connectivity index (χ3n) is 3.19. The predicted molar refractivity (Wildman–Crippen MR) is 80.7 cm³/mol. The van der Waals surface area contributed by atoms with Gasteiger partial charge in [0, 0.05) is 6.20 Å². The first kappa shape index (κ1) is 15.0. The number of benzene rings is 1. The number of ether oxygens (including phenoxy) is 1. The summed E-state index contributed by atoms with van der Waals surface area (Å²) >= 11 is 0. The molecule has 4 heteroatoms. The lowest BCUT2D eigenvalue weighted by atomic mass is 9.87. The van der Waals surface area contributed by atoms with E-state index in [1.807, 2.05) is 12.1 Å². The molecule has 4 nitrogen and oxygen atoms in total. The summed E-state index contributed by atoms with van der Waals surface area (Å²) in [6, 6.07) is 9.69. The number of carboxylic acids is 1. The number of carbonyl (C=O) groups is 1. The van der Waals surface area contributed by atoms with Gasteiger partial charge in [0.1, 0.15) is 12.4 Å². The Morgan fingerprint density at radius 3 is 2.43 bits per heavy atom. The fourth-order valence-corrected chi connectivity index (χ4v) is 1.88. The number of aromatic nitrogens is 1. The quantitative estimate of drug-likeness (QED) is 0.931. The van der Waals surface area contributed by atoms with Crippen LogP contribution in [0.5, 0.6) is 5.75 Å². The highest BCUT2D eigenvalue weighted by atomic mass is 16.5. The zero-order chi connectivity index (χ0) is 15.5. The molecule has 0 fully saturated rings. The molecule has 110 valence electrons. The number of aromatic carboxylic acids is 1. The van der Waals surface area contributed by atoms with Gasteiger partial charge in [-0.2, -0.15) is 0 Å². The van der Waals surface area contributed by atoms with E-state index < -0.39 is 5.97 Å². The van der Waals surface area contributed by atoms with Gasteiger partial charge in [-0.25, -0.2) is 4.79 Å². The topological polar surface area (TPSA) is 59.4 Å². The molecule has 1 heterocycles. The third-order valence-corrected chi connectivity index (χ3v) is 3.19. The van der Waals surface area contributed by atoms with Crippen LogP contribution in [-0.2, 0) is 12.0 Å². The van der Waals surface area contributed by atoms with E-state index in [-0.39, 0.29) is 11.0 Å². The van der Waals surface area contributed by atoms with Gasteiger partial charge in [-0.3, -0.25) is 4.98 Å². The Labute approximate surface area is 124 Å². The number of pyridine rings is 1. The average molecular weight is 285 g/mol. The second kappa shape index (κ2) is 5.95. The van der Waals surface area contributed by atoms with E-state index in [1.54, 1.807) is 0 Å². The van der Waals surface area contributed by atoms with Crippen molar-refractivity contribution < 1.29 is 14.6 Å². The second-order valence-corrected chi connectivity index (χ2v) is 5.95. The highest BCUT2D eigenvalue weighted by Crippen LogP contribution is 2.22. The van der Waals surface area contributed by atoms with Gasteiger partial charge in [0.05, 0.1) is 11.8 Å². The molecule has 21 heavy (non-hydrogen) atoms. The Hall–Kier alpha value is -2.36. The van der Waals surface area contributed by atoms with Crippen molar-refractivity contribution in [3.63, 3.8) is 0 Å². The van der Waals surface area contributed by atoms with E-state index in [4.69, 9.17) is 9.84 Å². The highest BCUT2D eigenvalue weighted by Gasteiger charge is 2.12. The standard InChI is InChI=1S/C17H19NO3/c1-17(2,3)14-6-4-12(5-7-14)11-21-15-8-13(16(19)20)9-18-10-15/h4-10H,11H2,1-3H3,(H,19,20). The maximum Gasteiger partial charge on any atom is 0.337 e. The van der Waals surface area contributed by atoms with Crippen LogP contribution in [0.25, 0.3) is 0 Å². The summed E-state index contributed by atoms with van der Waals surface area (Å²) in [6.45, 7) is 6.89. The van der Waals surface area contributed by atoms with Crippen LogP contribution in [0.15, 0.2) is 42.7 Å². The van der Waals surface area contributed by atoms with Crippen LogP contribution in [0.1, 0.15) is 42.3 Å². The van der Waals surface area contributed by atoms with Crippen molar-refractivity contribution in [2.45, 2.75) is 32.8 Å². The van der Waals surface area contributed by atoms with E-state index in [0.717, 1.165) is 5.56 Å². The van der Waals surface area contributed by atoms with Gasteiger partial charge >= 0.3 is 5.97 Å². The van der Waals surface area contributed by atoms with E-state index in [0.29, 0.717) is 12.4 Å². The molecule has 0 aliphatic heterocycles. The van der Waals surface area contributed by atoms with Crippen molar-refractivity contribution >= 4 is 5.97 Å². The summed E-state index contributed by atoms with van der Waals surface area (Å²) in [5.74, 6) is -0.558. The normalized spacial score (nSPS) is 11.2. The molecule has 0 saturated heterocycles. The van der Waals surface area contributed by atoms with Gasteiger partial charge in [0.2, 0.25) is 0 Å². The first-order chi connectivity index (χ1) is 9.86. The third kappa shape index (κ3) is 4.05. The fraction of sp³-hybridized carbons (Fsp3) is 0.294. The largest absolute Gasteiger partial charge is 0.487 e. The molecule has 2 rings (SSSR count). The molecule has 0 radical (unpaired) electrons. The molecular weight excluding hydrogens is 266 g/mol. The van der Waals surface area contributed by atoms with Crippen LogP contribution in [0, 0.1) is 0 Å².